The van der Waals surface area contributed by atoms with E-state index < -0.39 is 0 Å². The van der Waals surface area contributed by atoms with Crippen molar-refractivity contribution in [2.24, 2.45) is 0 Å². The largest absolute Gasteiger partial charge is 0.486 e. The Labute approximate surface area is 198 Å². The smallest absolute Gasteiger partial charge is 0.252 e. The van der Waals surface area contributed by atoms with Crippen molar-refractivity contribution in [2.45, 2.75) is 32.0 Å². The summed E-state index contributed by atoms with van der Waals surface area (Å²) in [6.45, 7) is 4.74. The predicted octanol–water partition coefficient (Wildman–Crippen LogP) is 1.02. The van der Waals surface area contributed by atoms with Crippen molar-refractivity contribution < 1.29 is 14.2 Å². The van der Waals surface area contributed by atoms with Crippen molar-refractivity contribution in [1.29, 1.82) is 0 Å². The number of pyridine rings is 2. The highest BCUT2D eigenvalue weighted by molar-refractivity contribution is 6.04. The van der Waals surface area contributed by atoms with E-state index in [0.717, 1.165) is 43.9 Å². The van der Waals surface area contributed by atoms with Gasteiger partial charge < -0.3 is 23.9 Å². The Morgan fingerprint density at radius 1 is 1.12 bits per heavy atom. The van der Waals surface area contributed by atoms with Gasteiger partial charge in [-0.25, -0.2) is 4.98 Å². The van der Waals surface area contributed by atoms with Crippen LogP contribution in [0, 0.1) is 0 Å². The third-order valence-corrected chi connectivity index (χ3v) is 6.37. The van der Waals surface area contributed by atoms with E-state index in [2.05, 4.69) is 19.9 Å². The van der Waals surface area contributed by atoms with Crippen molar-refractivity contribution in [1.82, 2.24) is 29.2 Å². The van der Waals surface area contributed by atoms with Gasteiger partial charge in [-0.15, -0.1) is 0 Å². The maximum Gasteiger partial charge on any atom is 0.252 e. The molecule has 2 aliphatic rings. The lowest BCUT2D eigenvalue weighted by Crippen LogP contribution is -2.44. The van der Waals surface area contributed by atoms with Crippen LogP contribution in [0.25, 0.3) is 11.2 Å². The molecule has 10 nitrogen and oxygen atoms in total. The van der Waals surface area contributed by atoms with Crippen LogP contribution < -0.4 is 19.8 Å². The number of fused-ring (bicyclic) bond motifs is 2. The monoisotopic (exact) mass is 462 g/mol. The molecule has 0 bridgehead atoms. The molecule has 3 aromatic rings. The number of aromatic nitrogens is 4. The molecular weight excluding hydrogens is 435 g/mol. The molecule has 0 atom stereocenters. The zero-order chi connectivity index (χ0) is 23.5. The number of ether oxygens (including phenoxy) is 3. The van der Waals surface area contributed by atoms with E-state index in [9.17, 15) is 4.79 Å². The van der Waals surface area contributed by atoms with Gasteiger partial charge in [0.05, 0.1) is 25.2 Å². The van der Waals surface area contributed by atoms with Gasteiger partial charge >= 0.3 is 0 Å². The van der Waals surface area contributed by atoms with Crippen LogP contribution in [0.2, 0.25) is 0 Å². The van der Waals surface area contributed by atoms with E-state index in [-0.39, 0.29) is 11.6 Å². The molecule has 2 aliphatic heterocycles. The number of nitrogens with zero attached hydrogens (tertiary/aromatic N) is 6. The summed E-state index contributed by atoms with van der Waals surface area (Å²) in [5.41, 5.74) is 1.98. The summed E-state index contributed by atoms with van der Waals surface area (Å²) >= 11 is 0. The van der Waals surface area contributed by atoms with Crippen LogP contribution in [0.3, 0.4) is 0 Å². The molecule has 34 heavy (non-hydrogen) atoms. The van der Waals surface area contributed by atoms with Crippen molar-refractivity contribution in [2.75, 3.05) is 40.0 Å². The minimum Gasteiger partial charge on any atom is -0.486 e. The Morgan fingerprint density at radius 3 is 2.71 bits per heavy atom. The minimum absolute atomic E-state index is 0.0926. The number of methoxy groups -OCH3 is 1. The summed E-state index contributed by atoms with van der Waals surface area (Å²) < 4.78 is 18.0. The van der Waals surface area contributed by atoms with Crippen molar-refractivity contribution in [3.8, 4) is 17.4 Å². The highest BCUT2D eigenvalue weighted by atomic mass is 16.6. The molecule has 1 saturated heterocycles. The van der Waals surface area contributed by atoms with Crippen LogP contribution >= 0.6 is 0 Å². The average Bonchev–Trinajstić information content (AvgIpc) is 2.88. The molecule has 0 spiro atoms. The number of rotatable bonds is 7. The number of hydrogen-bond acceptors (Lipinski definition) is 9. The zero-order valence-electron chi connectivity index (χ0n) is 19.2. The summed E-state index contributed by atoms with van der Waals surface area (Å²) in [6.07, 6.45) is 5.15. The molecule has 0 N–H and O–H groups in total. The Kier molecular flexibility index (Phi) is 6.64. The number of piperidine rings is 1. The third-order valence-electron chi connectivity index (χ3n) is 6.37. The standard InChI is InChI=1S/C23H27BN6O4/c1-32-21-14-26-18-2-3-22(31)29(23(18)27-21)9-8-28-6-4-17(5-7-28)30(24)15-16-12-19-20(13-25-16)34-11-10-33-19/h2-3,12-14,17H,4-11,15H2,1H3. The van der Waals surface area contributed by atoms with Crippen LogP contribution in [0.5, 0.6) is 17.4 Å². The average molecular weight is 462 g/mol. The fourth-order valence-electron chi connectivity index (χ4n) is 4.46. The van der Waals surface area contributed by atoms with E-state index in [1.165, 1.54) is 13.2 Å². The van der Waals surface area contributed by atoms with Crippen molar-refractivity contribution >= 4 is 19.1 Å². The first-order valence-corrected chi connectivity index (χ1v) is 11.5. The van der Waals surface area contributed by atoms with E-state index in [4.69, 9.17) is 22.2 Å². The van der Waals surface area contributed by atoms with E-state index in [0.29, 0.717) is 49.1 Å². The third kappa shape index (κ3) is 4.85. The molecule has 0 unspecified atom stereocenters. The second-order valence-corrected chi connectivity index (χ2v) is 8.51. The molecule has 11 heteroatoms. The lowest BCUT2D eigenvalue weighted by molar-refractivity contribution is 0.152. The van der Waals surface area contributed by atoms with Crippen molar-refractivity contribution in [3.05, 3.63) is 46.6 Å². The molecule has 0 aromatic carbocycles. The van der Waals surface area contributed by atoms with Gasteiger partial charge in [0.2, 0.25) is 5.88 Å². The van der Waals surface area contributed by atoms with Crippen LogP contribution in [0.4, 0.5) is 0 Å². The predicted molar refractivity (Wildman–Crippen MR) is 126 cm³/mol. The highest BCUT2D eigenvalue weighted by Crippen LogP contribution is 2.30. The molecule has 176 valence electrons. The molecule has 0 saturated carbocycles. The van der Waals surface area contributed by atoms with Crippen LogP contribution in [-0.2, 0) is 13.1 Å². The van der Waals surface area contributed by atoms with Gasteiger partial charge in [0.15, 0.2) is 25.1 Å². The topological polar surface area (TPSA) is 94.8 Å². The van der Waals surface area contributed by atoms with Gasteiger partial charge in [0, 0.05) is 37.8 Å². The van der Waals surface area contributed by atoms with Gasteiger partial charge in [-0.1, -0.05) is 0 Å². The lowest BCUT2D eigenvalue weighted by atomic mass is 9.99. The van der Waals surface area contributed by atoms with Crippen LogP contribution in [-0.4, -0.2) is 83.2 Å². The zero-order valence-corrected chi connectivity index (χ0v) is 19.2. The Balaban J connectivity index is 1.16. The summed E-state index contributed by atoms with van der Waals surface area (Å²) in [5.74, 6) is 1.80. The molecule has 1 fully saturated rings. The molecule has 5 rings (SSSR count). The maximum atomic E-state index is 12.5. The SMILES string of the molecule is [B]N(Cc1cc2c(cn1)OCCO2)C1CCN(CCn2c(=O)ccc3ncc(OC)nc32)CC1. The summed E-state index contributed by atoms with van der Waals surface area (Å²) in [5, 5.41) is 0. The van der Waals surface area contributed by atoms with Crippen LogP contribution in [0.15, 0.2) is 35.4 Å². The summed E-state index contributed by atoms with van der Waals surface area (Å²) in [4.78, 5) is 30.0. The normalized spacial score (nSPS) is 16.8. The molecule has 2 radical (unpaired) electrons. The highest BCUT2D eigenvalue weighted by Gasteiger charge is 2.23. The summed E-state index contributed by atoms with van der Waals surface area (Å²) in [7, 11) is 7.94. The Morgan fingerprint density at radius 2 is 1.91 bits per heavy atom. The number of hydrogen-bond donors (Lipinski definition) is 0. The fraction of sp³-hybridized carbons (Fsp3) is 0.478. The van der Waals surface area contributed by atoms with Crippen LogP contribution in [0.1, 0.15) is 18.5 Å². The second kappa shape index (κ2) is 9.98. The minimum atomic E-state index is -0.0926. The second-order valence-electron chi connectivity index (χ2n) is 8.51. The molecule has 0 amide bonds. The first kappa shape index (κ1) is 22.6. The first-order chi connectivity index (χ1) is 16.6. The maximum absolute atomic E-state index is 12.5. The fourth-order valence-corrected chi connectivity index (χ4v) is 4.46. The Hall–Kier alpha value is -3.18. The van der Waals surface area contributed by atoms with Gasteiger partial charge in [-0.05, 0) is 32.0 Å². The van der Waals surface area contributed by atoms with E-state index in [1.807, 2.05) is 10.9 Å². The Bertz CT molecular complexity index is 1210. The number of likely N-dealkylation sites (tertiary alicyclic amines) is 1. The van der Waals surface area contributed by atoms with Gasteiger partial charge in [0.1, 0.15) is 18.7 Å². The molecule has 3 aromatic heterocycles. The van der Waals surface area contributed by atoms with Gasteiger partial charge in [0.25, 0.3) is 5.56 Å². The van der Waals surface area contributed by atoms with E-state index in [1.54, 1.807) is 23.0 Å². The quantitative estimate of drug-likeness (QED) is 0.477. The van der Waals surface area contributed by atoms with E-state index >= 15 is 0 Å². The molecular formula is C23H27BN6O4. The van der Waals surface area contributed by atoms with Gasteiger partial charge in [-0.2, -0.15) is 4.98 Å². The van der Waals surface area contributed by atoms with Gasteiger partial charge in [-0.3, -0.25) is 14.3 Å². The molecule has 5 heterocycles. The molecule has 0 aliphatic carbocycles. The first-order valence-electron chi connectivity index (χ1n) is 11.5. The van der Waals surface area contributed by atoms with Crippen molar-refractivity contribution in [3.63, 3.8) is 0 Å². The summed E-state index contributed by atoms with van der Waals surface area (Å²) in [6, 6.07) is 5.40. The lowest BCUT2D eigenvalue weighted by Gasteiger charge is -2.37.